The maximum absolute atomic E-state index is 12.5. The van der Waals surface area contributed by atoms with E-state index in [2.05, 4.69) is 0 Å². The molecule has 1 unspecified atom stereocenters. The zero-order chi connectivity index (χ0) is 28.3. The average Bonchev–Trinajstić information content (AvgIpc) is 2.92. The van der Waals surface area contributed by atoms with Crippen LogP contribution in [0.1, 0.15) is 56.1 Å². The van der Waals surface area contributed by atoms with E-state index in [1.165, 1.54) is 0 Å². The molecule has 0 radical (unpaired) electrons. The number of allylic oxidation sites excluding steroid dienone is 2. The highest BCUT2D eigenvalue weighted by Crippen LogP contribution is 2.27. The van der Waals surface area contributed by atoms with Gasteiger partial charge in [-0.3, -0.25) is 0 Å². The van der Waals surface area contributed by atoms with Gasteiger partial charge in [0.1, 0.15) is 17.6 Å². The number of hydrogen-bond donors (Lipinski definition) is 1. The van der Waals surface area contributed by atoms with Crippen LogP contribution in [0.25, 0.3) is 18.2 Å². The van der Waals surface area contributed by atoms with Crippen LogP contribution in [0.5, 0.6) is 11.5 Å². The molecule has 0 saturated carbocycles. The highest BCUT2D eigenvalue weighted by atomic mass is 16.7. The van der Waals surface area contributed by atoms with Crippen molar-refractivity contribution in [2.45, 2.75) is 39.6 Å². The van der Waals surface area contributed by atoms with Gasteiger partial charge in [0.25, 0.3) is 0 Å². The van der Waals surface area contributed by atoms with E-state index < -0.39 is 18.0 Å². The lowest BCUT2D eigenvalue weighted by atomic mass is 9.98. The summed E-state index contributed by atoms with van der Waals surface area (Å²) in [5.41, 5.74) is 3.71. The number of hydrogen-bond acceptors (Lipinski definition) is 6. The van der Waals surface area contributed by atoms with Gasteiger partial charge in [-0.1, -0.05) is 86.7 Å². The number of carbonyl (C=O) groups excluding carboxylic acids is 1. The SMILES string of the molecule is COC(C)(C)Oc1ccc(C=CC=Cc2ccc(OC(=O)OC(c3ccc(C=CO)cc3)C(C)C)cc2)cc1. The Hall–Kier alpha value is -4.29. The van der Waals surface area contributed by atoms with Gasteiger partial charge in [-0.05, 0) is 58.5 Å². The molecule has 0 aliphatic rings. The lowest BCUT2D eigenvalue weighted by molar-refractivity contribution is -0.134. The Morgan fingerprint density at radius 1 is 0.769 bits per heavy atom. The summed E-state index contributed by atoms with van der Waals surface area (Å²) in [6, 6.07) is 22.4. The Morgan fingerprint density at radius 2 is 1.26 bits per heavy atom. The first-order valence-corrected chi connectivity index (χ1v) is 12.8. The van der Waals surface area contributed by atoms with E-state index in [9.17, 15) is 4.79 Å². The van der Waals surface area contributed by atoms with Crippen molar-refractivity contribution >= 4 is 24.4 Å². The zero-order valence-electron chi connectivity index (χ0n) is 23.0. The molecular formula is C33H36O6. The molecule has 6 nitrogen and oxygen atoms in total. The van der Waals surface area contributed by atoms with E-state index in [4.69, 9.17) is 24.1 Å². The molecule has 0 aromatic heterocycles. The average molecular weight is 529 g/mol. The van der Waals surface area contributed by atoms with E-state index in [1.807, 2.05) is 113 Å². The normalized spacial score (nSPS) is 12.9. The lowest BCUT2D eigenvalue weighted by Crippen LogP contribution is -2.30. The summed E-state index contributed by atoms with van der Waals surface area (Å²) in [6.07, 6.45) is 9.20. The summed E-state index contributed by atoms with van der Waals surface area (Å²) in [7, 11) is 1.61. The predicted octanol–water partition coefficient (Wildman–Crippen LogP) is 8.62. The number of carbonyl (C=O) groups is 1. The fraction of sp³-hybridized carbons (Fsp3) is 0.242. The molecule has 3 aromatic rings. The molecule has 0 aliphatic carbocycles. The smallest absolute Gasteiger partial charge is 0.514 e. The third-order valence-corrected chi connectivity index (χ3v) is 5.87. The minimum atomic E-state index is -0.763. The van der Waals surface area contributed by atoms with E-state index in [-0.39, 0.29) is 5.92 Å². The van der Waals surface area contributed by atoms with Gasteiger partial charge in [0.2, 0.25) is 5.79 Å². The second-order valence-electron chi connectivity index (χ2n) is 9.68. The molecule has 0 amide bonds. The summed E-state index contributed by atoms with van der Waals surface area (Å²) >= 11 is 0. The van der Waals surface area contributed by atoms with Crippen molar-refractivity contribution in [2.24, 2.45) is 5.92 Å². The molecule has 39 heavy (non-hydrogen) atoms. The van der Waals surface area contributed by atoms with Gasteiger partial charge in [-0.25, -0.2) is 4.79 Å². The quantitative estimate of drug-likeness (QED) is 0.0883. The van der Waals surface area contributed by atoms with Gasteiger partial charge in [-0.15, -0.1) is 0 Å². The number of aliphatic hydroxyl groups is 1. The third kappa shape index (κ3) is 9.51. The molecule has 1 atom stereocenters. The summed E-state index contributed by atoms with van der Waals surface area (Å²) in [6.45, 7) is 7.67. The van der Waals surface area contributed by atoms with Crippen LogP contribution < -0.4 is 9.47 Å². The van der Waals surface area contributed by atoms with Crippen molar-refractivity contribution in [3.05, 3.63) is 113 Å². The molecular weight excluding hydrogens is 492 g/mol. The Balaban J connectivity index is 1.52. The van der Waals surface area contributed by atoms with Crippen LogP contribution in [0.2, 0.25) is 0 Å². The fourth-order valence-corrected chi connectivity index (χ4v) is 3.65. The standard InChI is InChI=1S/C33H36O6/c1-24(2)31(28-16-10-27(11-17-28)22-23-34)38-32(35)37-29-18-12-25(13-19-29)8-6-7-9-26-14-20-30(21-15-26)39-33(3,4)36-5/h6-24,31,34H,1-5H3. The predicted molar refractivity (Wildman–Crippen MR) is 155 cm³/mol. The van der Waals surface area contributed by atoms with Gasteiger partial charge in [0.15, 0.2) is 0 Å². The zero-order valence-corrected chi connectivity index (χ0v) is 23.0. The summed E-state index contributed by atoms with van der Waals surface area (Å²) in [4.78, 5) is 12.5. The van der Waals surface area contributed by atoms with Crippen molar-refractivity contribution in [3.63, 3.8) is 0 Å². The second kappa shape index (κ2) is 14.0. The Labute approximate surface area is 230 Å². The fourth-order valence-electron chi connectivity index (χ4n) is 3.65. The van der Waals surface area contributed by atoms with Crippen LogP contribution in [0.3, 0.4) is 0 Å². The molecule has 204 valence electrons. The van der Waals surface area contributed by atoms with E-state index in [0.717, 1.165) is 34.3 Å². The molecule has 1 N–H and O–H groups in total. The maximum Gasteiger partial charge on any atom is 0.514 e. The summed E-state index contributed by atoms with van der Waals surface area (Å²) in [5.74, 6) is 0.513. The lowest BCUT2D eigenvalue weighted by Gasteiger charge is -2.24. The largest absolute Gasteiger partial charge is 0.516 e. The van der Waals surface area contributed by atoms with Crippen LogP contribution in [0.15, 0.2) is 91.2 Å². The first-order valence-electron chi connectivity index (χ1n) is 12.8. The minimum Gasteiger partial charge on any atom is -0.516 e. The Bertz CT molecular complexity index is 1270. The van der Waals surface area contributed by atoms with Crippen molar-refractivity contribution in [2.75, 3.05) is 7.11 Å². The highest BCUT2D eigenvalue weighted by molar-refractivity contribution is 5.65. The number of benzene rings is 3. The van der Waals surface area contributed by atoms with Crippen LogP contribution in [-0.4, -0.2) is 24.2 Å². The van der Waals surface area contributed by atoms with E-state index in [1.54, 1.807) is 25.3 Å². The van der Waals surface area contributed by atoms with Gasteiger partial charge >= 0.3 is 6.16 Å². The molecule has 0 bridgehead atoms. The molecule has 6 heteroatoms. The summed E-state index contributed by atoms with van der Waals surface area (Å²) < 4.78 is 22.1. The van der Waals surface area contributed by atoms with Gasteiger partial charge in [0.05, 0.1) is 6.26 Å². The van der Waals surface area contributed by atoms with Gasteiger partial charge in [-0.2, -0.15) is 0 Å². The monoisotopic (exact) mass is 528 g/mol. The van der Waals surface area contributed by atoms with Crippen LogP contribution in [0.4, 0.5) is 4.79 Å². The minimum absolute atomic E-state index is 0.0476. The molecule has 3 rings (SSSR count). The van der Waals surface area contributed by atoms with E-state index >= 15 is 0 Å². The van der Waals surface area contributed by atoms with Crippen LogP contribution >= 0.6 is 0 Å². The van der Waals surface area contributed by atoms with Gasteiger partial charge < -0.3 is 24.1 Å². The molecule has 0 aliphatic heterocycles. The maximum atomic E-state index is 12.5. The van der Waals surface area contributed by atoms with Crippen LogP contribution in [0, 0.1) is 5.92 Å². The number of ether oxygens (including phenoxy) is 4. The van der Waals surface area contributed by atoms with Crippen LogP contribution in [-0.2, 0) is 9.47 Å². The number of rotatable bonds is 11. The molecule has 0 fully saturated rings. The molecule has 0 heterocycles. The third-order valence-electron chi connectivity index (χ3n) is 5.87. The van der Waals surface area contributed by atoms with Crippen molar-refractivity contribution in [3.8, 4) is 11.5 Å². The highest BCUT2D eigenvalue weighted by Gasteiger charge is 2.22. The first-order chi connectivity index (χ1) is 18.7. The Morgan fingerprint density at radius 3 is 1.74 bits per heavy atom. The number of aliphatic hydroxyl groups excluding tert-OH is 1. The second-order valence-corrected chi connectivity index (χ2v) is 9.68. The molecule has 0 spiro atoms. The topological polar surface area (TPSA) is 74.2 Å². The van der Waals surface area contributed by atoms with Gasteiger partial charge in [0, 0.05) is 21.0 Å². The summed E-state index contributed by atoms with van der Waals surface area (Å²) in [5, 5.41) is 8.92. The van der Waals surface area contributed by atoms with E-state index in [0.29, 0.717) is 5.75 Å². The Kier molecular flexibility index (Phi) is 10.5. The van der Waals surface area contributed by atoms with Crippen molar-refractivity contribution in [1.82, 2.24) is 0 Å². The molecule has 3 aromatic carbocycles. The number of methoxy groups -OCH3 is 1. The van der Waals surface area contributed by atoms with Crippen molar-refractivity contribution in [1.29, 1.82) is 0 Å². The first kappa shape index (κ1) is 29.3. The molecule has 0 saturated heterocycles. The van der Waals surface area contributed by atoms with Crippen molar-refractivity contribution < 1.29 is 28.8 Å².